The maximum absolute atomic E-state index is 7.46. The Balaban J connectivity index is 2.50. The number of allylic oxidation sites excluding steroid dienone is 1. The molecule has 50 valence electrons. The molecule has 0 aromatic heterocycles. The molecule has 1 rings (SSSR count). The van der Waals surface area contributed by atoms with E-state index in [0.717, 1.165) is 9.29 Å². The van der Waals surface area contributed by atoms with Gasteiger partial charge in [0.2, 0.25) is 0 Å². The van der Waals surface area contributed by atoms with Crippen LogP contribution in [0.2, 0.25) is 0 Å². The summed E-state index contributed by atoms with van der Waals surface area (Å²) < 4.78 is 0.898. The normalized spacial score (nSPS) is 19.9. The molecule has 0 bridgehead atoms. The molecule has 0 aliphatic heterocycles. The highest BCUT2D eigenvalue weighted by atomic mass is 127. The minimum Gasteiger partial charge on any atom is -0.404 e. The highest BCUT2D eigenvalue weighted by Gasteiger charge is 2.27. The predicted octanol–water partition coefficient (Wildman–Crippen LogP) is 1.65. The van der Waals surface area contributed by atoms with Gasteiger partial charge in [-0.15, -0.1) is 0 Å². The van der Waals surface area contributed by atoms with Crippen LogP contribution in [0, 0.1) is 11.3 Å². The van der Waals surface area contributed by atoms with Gasteiger partial charge in [0, 0.05) is 21.4 Å². The molecule has 0 spiro atoms. The fraction of sp³-hybridized carbons (Fsp3) is 0.500. The summed E-state index contributed by atoms with van der Waals surface area (Å²) >= 11 is 2.10. The molecule has 2 nitrogen and oxygen atoms in total. The summed E-state index contributed by atoms with van der Waals surface area (Å²) in [6.45, 7) is 0. The maximum Gasteiger partial charge on any atom is 0.0495 e. The average Bonchev–Trinajstić information content (AvgIpc) is 2.66. The van der Waals surface area contributed by atoms with Crippen LogP contribution in [-0.4, -0.2) is 5.71 Å². The van der Waals surface area contributed by atoms with E-state index in [9.17, 15) is 0 Å². The second-order valence-electron chi connectivity index (χ2n) is 2.20. The zero-order valence-electron chi connectivity index (χ0n) is 5.02. The van der Waals surface area contributed by atoms with E-state index in [0.29, 0.717) is 5.92 Å². The minimum atomic E-state index is 0.525. The fourth-order valence-corrected chi connectivity index (χ4v) is 1.10. The third kappa shape index (κ3) is 1.67. The van der Waals surface area contributed by atoms with Gasteiger partial charge in [-0.3, -0.25) is 0 Å². The standard InChI is InChI=1S/C6H9IN2/c7-5(3-8)6(9)4-1-2-4/h3-4,9H,1-2,8H2. The Bertz CT molecular complexity index is 158. The lowest BCUT2D eigenvalue weighted by Gasteiger charge is -1.95. The van der Waals surface area contributed by atoms with Crippen molar-refractivity contribution in [1.29, 1.82) is 5.41 Å². The van der Waals surface area contributed by atoms with Crippen molar-refractivity contribution in [2.45, 2.75) is 12.8 Å². The van der Waals surface area contributed by atoms with Crippen LogP contribution in [-0.2, 0) is 0 Å². The van der Waals surface area contributed by atoms with E-state index in [1.165, 1.54) is 19.0 Å². The SMILES string of the molecule is N=C(C(I)=CN)C1CC1. The van der Waals surface area contributed by atoms with Crippen LogP contribution in [0.25, 0.3) is 0 Å². The Morgan fingerprint density at radius 2 is 2.22 bits per heavy atom. The van der Waals surface area contributed by atoms with Gasteiger partial charge in [-0.05, 0) is 35.4 Å². The molecule has 0 atom stereocenters. The van der Waals surface area contributed by atoms with Crippen LogP contribution in [0.4, 0.5) is 0 Å². The summed E-state index contributed by atoms with van der Waals surface area (Å²) in [5, 5.41) is 7.46. The fourth-order valence-electron chi connectivity index (χ4n) is 0.657. The van der Waals surface area contributed by atoms with Crippen molar-refractivity contribution in [2.24, 2.45) is 11.7 Å². The third-order valence-corrected chi connectivity index (χ3v) is 2.33. The topological polar surface area (TPSA) is 49.9 Å². The van der Waals surface area contributed by atoms with E-state index in [4.69, 9.17) is 11.1 Å². The third-order valence-electron chi connectivity index (χ3n) is 1.39. The van der Waals surface area contributed by atoms with Gasteiger partial charge in [0.1, 0.15) is 0 Å². The number of rotatable bonds is 2. The predicted molar refractivity (Wildman–Crippen MR) is 46.7 cm³/mol. The zero-order chi connectivity index (χ0) is 6.85. The molecule has 1 saturated carbocycles. The summed E-state index contributed by atoms with van der Waals surface area (Å²) in [6, 6.07) is 0. The van der Waals surface area contributed by atoms with E-state index in [-0.39, 0.29) is 0 Å². The largest absolute Gasteiger partial charge is 0.404 e. The van der Waals surface area contributed by atoms with Crippen LogP contribution >= 0.6 is 22.6 Å². The van der Waals surface area contributed by atoms with Crippen molar-refractivity contribution in [1.82, 2.24) is 0 Å². The maximum atomic E-state index is 7.46. The Kier molecular flexibility index (Phi) is 2.10. The van der Waals surface area contributed by atoms with Gasteiger partial charge in [0.25, 0.3) is 0 Å². The highest BCUT2D eigenvalue weighted by Crippen LogP contribution is 2.33. The first-order valence-electron chi connectivity index (χ1n) is 2.92. The van der Waals surface area contributed by atoms with Gasteiger partial charge in [-0.25, -0.2) is 0 Å². The number of hydrogen-bond donors (Lipinski definition) is 2. The summed E-state index contributed by atoms with van der Waals surface area (Å²) in [4.78, 5) is 0. The molecule has 0 aromatic carbocycles. The van der Waals surface area contributed by atoms with Gasteiger partial charge in [0.15, 0.2) is 0 Å². The molecule has 1 fully saturated rings. The Labute approximate surface area is 68.2 Å². The number of hydrogen-bond acceptors (Lipinski definition) is 2. The van der Waals surface area contributed by atoms with Crippen molar-refractivity contribution >= 4 is 28.3 Å². The smallest absolute Gasteiger partial charge is 0.0495 e. The quantitative estimate of drug-likeness (QED) is 0.555. The Hall–Kier alpha value is -0.0600. The lowest BCUT2D eigenvalue weighted by Crippen LogP contribution is -1.99. The molecular formula is C6H9IN2. The highest BCUT2D eigenvalue weighted by molar-refractivity contribution is 14.1. The Morgan fingerprint density at radius 1 is 1.67 bits per heavy atom. The van der Waals surface area contributed by atoms with Crippen LogP contribution in [0.1, 0.15) is 12.8 Å². The monoisotopic (exact) mass is 236 g/mol. The lowest BCUT2D eigenvalue weighted by atomic mass is 10.2. The molecule has 0 saturated heterocycles. The molecule has 9 heavy (non-hydrogen) atoms. The van der Waals surface area contributed by atoms with Gasteiger partial charge < -0.3 is 11.1 Å². The molecule has 3 N–H and O–H groups in total. The first kappa shape index (κ1) is 7.05. The minimum absolute atomic E-state index is 0.525. The van der Waals surface area contributed by atoms with Crippen molar-refractivity contribution in [3.63, 3.8) is 0 Å². The van der Waals surface area contributed by atoms with Crippen LogP contribution < -0.4 is 5.73 Å². The second kappa shape index (κ2) is 2.68. The van der Waals surface area contributed by atoms with Gasteiger partial charge in [-0.1, -0.05) is 0 Å². The van der Waals surface area contributed by atoms with E-state index in [1.54, 1.807) is 0 Å². The van der Waals surface area contributed by atoms with E-state index in [2.05, 4.69) is 22.6 Å². The van der Waals surface area contributed by atoms with Crippen LogP contribution in [0.15, 0.2) is 9.78 Å². The zero-order valence-corrected chi connectivity index (χ0v) is 7.18. The molecule has 0 unspecified atom stereocenters. The molecule has 0 radical (unpaired) electrons. The van der Waals surface area contributed by atoms with Crippen molar-refractivity contribution in [2.75, 3.05) is 0 Å². The van der Waals surface area contributed by atoms with Crippen molar-refractivity contribution in [3.8, 4) is 0 Å². The summed E-state index contributed by atoms with van der Waals surface area (Å²) in [7, 11) is 0. The molecule has 3 heteroatoms. The molecule has 0 heterocycles. The molecule has 1 aliphatic carbocycles. The number of nitrogens with two attached hydrogens (primary N) is 1. The van der Waals surface area contributed by atoms with Gasteiger partial charge >= 0.3 is 0 Å². The van der Waals surface area contributed by atoms with E-state index >= 15 is 0 Å². The number of nitrogens with one attached hydrogen (secondary N) is 1. The summed E-state index contributed by atoms with van der Waals surface area (Å²) in [5.41, 5.74) is 5.95. The van der Waals surface area contributed by atoms with Crippen molar-refractivity contribution < 1.29 is 0 Å². The van der Waals surface area contributed by atoms with Gasteiger partial charge in [-0.2, -0.15) is 0 Å². The second-order valence-corrected chi connectivity index (χ2v) is 3.36. The number of halogens is 1. The van der Waals surface area contributed by atoms with E-state index in [1.807, 2.05) is 0 Å². The van der Waals surface area contributed by atoms with Crippen LogP contribution in [0.3, 0.4) is 0 Å². The molecule has 0 amide bonds. The summed E-state index contributed by atoms with van der Waals surface area (Å²) in [5.74, 6) is 0.525. The molecule has 0 aromatic rings. The molecule has 1 aliphatic rings. The molecular weight excluding hydrogens is 227 g/mol. The van der Waals surface area contributed by atoms with Crippen molar-refractivity contribution in [3.05, 3.63) is 9.78 Å². The van der Waals surface area contributed by atoms with E-state index < -0.39 is 0 Å². The van der Waals surface area contributed by atoms with Gasteiger partial charge in [0.05, 0.1) is 0 Å². The lowest BCUT2D eigenvalue weighted by molar-refractivity contribution is 1.17. The summed E-state index contributed by atoms with van der Waals surface area (Å²) in [6.07, 6.45) is 3.86. The first-order chi connectivity index (χ1) is 4.25. The average molecular weight is 236 g/mol. The van der Waals surface area contributed by atoms with Crippen LogP contribution in [0.5, 0.6) is 0 Å². The first-order valence-corrected chi connectivity index (χ1v) is 3.99. The Morgan fingerprint density at radius 3 is 2.56 bits per heavy atom.